The van der Waals surface area contributed by atoms with Crippen LogP contribution in [0, 0.1) is 13.8 Å². The molecule has 0 N–H and O–H groups in total. The summed E-state index contributed by atoms with van der Waals surface area (Å²) in [5.74, 6) is 0. The minimum atomic E-state index is 1.10. The van der Waals surface area contributed by atoms with Crippen molar-refractivity contribution in [2.75, 3.05) is 0 Å². The van der Waals surface area contributed by atoms with Gasteiger partial charge in [-0.2, -0.15) is 0 Å². The van der Waals surface area contributed by atoms with Crippen LogP contribution < -0.4 is 0 Å². The van der Waals surface area contributed by atoms with Crippen molar-refractivity contribution < 1.29 is 0 Å². The van der Waals surface area contributed by atoms with E-state index in [2.05, 4.69) is 95.0 Å². The summed E-state index contributed by atoms with van der Waals surface area (Å²) in [5.41, 5.74) is 6.30. The van der Waals surface area contributed by atoms with Crippen molar-refractivity contribution in [1.29, 1.82) is 0 Å². The fourth-order valence-electron chi connectivity index (χ4n) is 3.12. The third-order valence-corrected chi connectivity index (χ3v) is 4.69. The highest BCUT2D eigenvalue weighted by atomic mass is 79.9. The van der Waals surface area contributed by atoms with Gasteiger partial charge >= 0.3 is 0 Å². The molecule has 1 nitrogen and oxygen atoms in total. The van der Waals surface area contributed by atoms with Crippen molar-refractivity contribution in [3.63, 3.8) is 0 Å². The van der Waals surface area contributed by atoms with E-state index in [1.165, 1.54) is 38.6 Å². The van der Waals surface area contributed by atoms with Crippen molar-refractivity contribution >= 4 is 37.7 Å². The van der Waals surface area contributed by atoms with E-state index in [0.29, 0.717) is 0 Å². The highest BCUT2D eigenvalue weighted by molar-refractivity contribution is 9.10. The minimum Gasteiger partial charge on any atom is -0.309 e. The van der Waals surface area contributed by atoms with Gasteiger partial charge in [-0.1, -0.05) is 39.2 Å². The molecule has 0 saturated heterocycles. The number of benzene rings is 3. The van der Waals surface area contributed by atoms with Gasteiger partial charge in [0, 0.05) is 20.9 Å². The monoisotopic (exact) mass is 349 g/mol. The number of nitrogens with zero attached hydrogens (tertiary/aromatic N) is 1. The van der Waals surface area contributed by atoms with Gasteiger partial charge in [-0.3, -0.25) is 0 Å². The minimum absolute atomic E-state index is 1.10. The normalized spacial score (nSPS) is 11.4. The fraction of sp³-hybridized carbons (Fsp3) is 0.100. The summed E-state index contributed by atoms with van der Waals surface area (Å²) in [6.45, 7) is 4.30. The summed E-state index contributed by atoms with van der Waals surface area (Å²) >= 11 is 3.52. The van der Waals surface area contributed by atoms with E-state index < -0.39 is 0 Å². The molecule has 1 aromatic heterocycles. The van der Waals surface area contributed by atoms with Crippen molar-refractivity contribution in [1.82, 2.24) is 4.57 Å². The van der Waals surface area contributed by atoms with Gasteiger partial charge in [0.05, 0.1) is 11.0 Å². The van der Waals surface area contributed by atoms with Gasteiger partial charge in [-0.05, 0) is 62.4 Å². The molecule has 4 aromatic rings. The zero-order chi connectivity index (χ0) is 15.3. The third kappa shape index (κ3) is 2.06. The number of rotatable bonds is 1. The van der Waals surface area contributed by atoms with Crippen LogP contribution >= 0.6 is 15.9 Å². The van der Waals surface area contributed by atoms with Gasteiger partial charge < -0.3 is 4.57 Å². The summed E-state index contributed by atoms with van der Waals surface area (Å²) in [6.07, 6.45) is 0. The van der Waals surface area contributed by atoms with Crippen molar-refractivity contribution in [3.8, 4) is 5.69 Å². The highest BCUT2D eigenvalue weighted by Crippen LogP contribution is 2.33. The lowest BCUT2D eigenvalue weighted by molar-refractivity contribution is 1.18. The summed E-state index contributed by atoms with van der Waals surface area (Å²) < 4.78 is 3.44. The first kappa shape index (κ1) is 13.6. The Balaban J connectivity index is 2.17. The Morgan fingerprint density at radius 1 is 0.682 bits per heavy atom. The Hall–Kier alpha value is -2.06. The Labute approximate surface area is 138 Å². The molecule has 22 heavy (non-hydrogen) atoms. The van der Waals surface area contributed by atoms with E-state index >= 15 is 0 Å². The molecule has 0 unspecified atom stereocenters. The average Bonchev–Trinajstić information content (AvgIpc) is 2.81. The molecule has 108 valence electrons. The second-order valence-corrected chi connectivity index (χ2v) is 6.77. The van der Waals surface area contributed by atoms with Crippen LogP contribution in [0.5, 0.6) is 0 Å². The Morgan fingerprint density at radius 2 is 1.18 bits per heavy atom. The molecule has 0 amide bonds. The Morgan fingerprint density at radius 3 is 1.68 bits per heavy atom. The zero-order valence-electron chi connectivity index (χ0n) is 12.6. The van der Waals surface area contributed by atoms with E-state index in [4.69, 9.17) is 0 Å². The first-order chi connectivity index (χ1) is 10.6. The third-order valence-electron chi connectivity index (χ3n) is 4.16. The molecule has 0 aliphatic heterocycles. The molecule has 0 bridgehead atoms. The van der Waals surface area contributed by atoms with Gasteiger partial charge in [0.2, 0.25) is 0 Å². The predicted octanol–water partition coefficient (Wildman–Crippen LogP) is 6.16. The van der Waals surface area contributed by atoms with E-state index in [-0.39, 0.29) is 0 Å². The maximum Gasteiger partial charge on any atom is 0.0541 e. The summed E-state index contributed by atoms with van der Waals surface area (Å²) in [4.78, 5) is 0. The topological polar surface area (TPSA) is 4.93 Å². The van der Waals surface area contributed by atoms with Crippen LogP contribution in [0.2, 0.25) is 0 Å². The largest absolute Gasteiger partial charge is 0.309 e. The Bertz CT molecular complexity index is 935. The van der Waals surface area contributed by atoms with E-state index in [0.717, 1.165) is 4.47 Å². The molecule has 4 rings (SSSR count). The molecule has 0 radical (unpaired) electrons. The lowest BCUT2D eigenvalue weighted by Gasteiger charge is -2.08. The van der Waals surface area contributed by atoms with Crippen LogP contribution in [0.25, 0.3) is 27.5 Å². The molecular formula is C20H16BrN. The van der Waals surface area contributed by atoms with E-state index in [1.54, 1.807) is 0 Å². The van der Waals surface area contributed by atoms with E-state index in [1.807, 2.05) is 0 Å². The van der Waals surface area contributed by atoms with Crippen LogP contribution in [0.4, 0.5) is 0 Å². The molecule has 0 aliphatic carbocycles. The first-order valence-corrected chi connectivity index (χ1v) is 8.20. The predicted molar refractivity (Wildman–Crippen MR) is 98.0 cm³/mol. The summed E-state index contributed by atoms with van der Waals surface area (Å²) in [6, 6.07) is 21.9. The van der Waals surface area contributed by atoms with Crippen molar-refractivity contribution in [2.24, 2.45) is 0 Å². The number of hydrogen-bond donors (Lipinski definition) is 0. The van der Waals surface area contributed by atoms with Crippen LogP contribution in [-0.4, -0.2) is 4.57 Å². The van der Waals surface area contributed by atoms with Crippen LogP contribution in [0.3, 0.4) is 0 Å². The molecule has 0 aliphatic rings. The molecule has 1 heterocycles. The second kappa shape index (κ2) is 4.99. The smallest absolute Gasteiger partial charge is 0.0541 e. The van der Waals surface area contributed by atoms with E-state index in [9.17, 15) is 0 Å². The maximum absolute atomic E-state index is 3.52. The lowest BCUT2D eigenvalue weighted by atomic mass is 10.1. The van der Waals surface area contributed by atoms with Crippen molar-refractivity contribution in [2.45, 2.75) is 13.8 Å². The maximum atomic E-state index is 3.52. The SMILES string of the molecule is Cc1ccc2c(c1)c1cc(C)ccc1n2-c1ccc(Br)cc1. The highest BCUT2D eigenvalue weighted by Gasteiger charge is 2.12. The van der Waals surface area contributed by atoms with Gasteiger partial charge in [0.15, 0.2) is 0 Å². The standard InChI is InChI=1S/C20H16BrN/c1-13-3-9-19-17(11-13)18-12-14(2)4-10-20(18)22(19)16-7-5-15(21)6-8-16/h3-12H,1-2H3. The van der Waals surface area contributed by atoms with Crippen LogP contribution in [0.15, 0.2) is 65.1 Å². The average molecular weight is 350 g/mol. The molecule has 0 saturated carbocycles. The van der Waals surface area contributed by atoms with Gasteiger partial charge in [-0.25, -0.2) is 0 Å². The summed E-state index contributed by atoms with van der Waals surface area (Å²) in [5, 5.41) is 2.64. The fourth-order valence-corrected chi connectivity index (χ4v) is 3.38. The molecule has 0 fully saturated rings. The number of hydrogen-bond acceptors (Lipinski definition) is 0. The molecule has 3 aromatic carbocycles. The zero-order valence-corrected chi connectivity index (χ0v) is 14.2. The number of aryl methyl sites for hydroxylation is 2. The molecule has 0 spiro atoms. The van der Waals surface area contributed by atoms with Gasteiger partial charge in [-0.15, -0.1) is 0 Å². The second-order valence-electron chi connectivity index (χ2n) is 5.85. The molecular weight excluding hydrogens is 334 g/mol. The molecule has 0 atom stereocenters. The molecule has 2 heteroatoms. The quantitative estimate of drug-likeness (QED) is 0.387. The first-order valence-electron chi connectivity index (χ1n) is 7.41. The van der Waals surface area contributed by atoms with Crippen LogP contribution in [-0.2, 0) is 0 Å². The van der Waals surface area contributed by atoms with Crippen LogP contribution in [0.1, 0.15) is 11.1 Å². The number of halogens is 1. The van der Waals surface area contributed by atoms with Crippen molar-refractivity contribution in [3.05, 3.63) is 76.3 Å². The van der Waals surface area contributed by atoms with Gasteiger partial charge in [0.25, 0.3) is 0 Å². The number of fused-ring (bicyclic) bond motifs is 3. The number of aromatic nitrogens is 1. The summed E-state index contributed by atoms with van der Waals surface area (Å²) in [7, 11) is 0. The van der Waals surface area contributed by atoms with Gasteiger partial charge in [0.1, 0.15) is 0 Å². The lowest BCUT2D eigenvalue weighted by Crippen LogP contribution is -1.93. The Kier molecular flexibility index (Phi) is 3.08.